The van der Waals surface area contributed by atoms with Crippen molar-refractivity contribution in [2.24, 2.45) is 45.3 Å². The first-order valence-electron chi connectivity index (χ1n) is 31.6. The van der Waals surface area contributed by atoms with E-state index in [2.05, 4.69) is 47.6 Å². The minimum absolute atomic E-state index is 0.0210. The quantitative estimate of drug-likeness (QED) is 0.0427. The summed E-state index contributed by atoms with van der Waals surface area (Å²) in [6, 6.07) is 0. The molecule has 30 heteroatoms. The monoisotopic (exact) mass is 1310 g/mol. The average Bonchev–Trinajstić information content (AvgIpc) is 1.46. The third-order valence-electron chi connectivity index (χ3n) is 22.2. The predicted octanol–water partition coefficient (Wildman–Crippen LogP) is -0.837. The van der Waals surface area contributed by atoms with Crippen molar-refractivity contribution >= 4 is 22.3 Å². The maximum absolute atomic E-state index is 14.7. The van der Waals surface area contributed by atoms with Gasteiger partial charge in [0.1, 0.15) is 109 Å². The van der Waals surface area contributed by atoms with E-state index in [1.807, 2.05) is 6.92 Å². The molecule has 90 heavy (non-hydrogen) atoms. The molecular formula is C60H96O29S. The first-order chi connectivity index (χ1) is 42.2. The zero-order valence-corrected chi connectivity index (χ0v) is 53.4. The Morgan fingerprint density at radius 3 is 2.00 bits per heavy atom. The lowest BCUT2D eigenvalue weighted by molar-refractivity contribution is -0.390. The molecule has 29 nitrogen and oxygen atoms in total. The molecule has 0 bridgehead atoms. The maximum Gasteiger partial charge on any atom is 0.397 e. The number of hydrogen-bond acceptors (Lipinski definition) is 28. The SMILES string of the molecule is CO[C@@H]1[C@@H](O)[C@H](O[C@@H]2[C@@H](O)[C@H](O[C@@H]3CO[C@@H](O[C@H]4[C@H](O[C@H]5[C@H](O[C@H]6CC[C@]7(C)[C@@H]8CC[C@]9%10C(=O)OC(C)(CCCC(C)C)[C@H]9[C@@H](OC(C)=O)C[C@@]%10(C)C8=CC[C@H]7C6(C)C)OC[C@@H](OS(=O)(=O)O)[C@@H]5O)O[C@H](C)[C@@H](O)[C@@H]4O)[C@H](O)[C@H]3O)OC[C@H]2O)O[C@H](CO)[C@H]1O. The molecule has 11 N–H and O–H groups in total. The molecule has 0 amide bonds. The summed E-state index contributed by atoms with van der Waals surface area (Å²) in [5, 5.41) is 111. The summed E-state index contributed by atoms with van der Waals surface area (Å²) in [7, 11) is -4.02. The molecule has 0 aromatic heterocycles. The molecule has 6 saturated heterocycles. The number of aliphatic hydroxyl groups excluding tert-OH is 10. The molecule has 1 unspecified atom stereocenters. The van der Waals surface area contributed by atoms with Gasteiger partial charge in [-0.25, -0.2) is 4.18 Å². The highest BCUT2D eigenvalue weighted by Gasteiger charge is 2.79. The number of ether oxygens (including phenoxy) is 13. The fourth-order valence-corrected chi connectivity index (χ4v) is 18.1. The summed E-state index contributed by atoms with van der Waals surface area (Å²) < 4.78 is 117. The van der Waals surface area contributed by atoms with E-state index in [1.165, 1.54) is 26.5 Å². The van der Waals surface area contributed by atoms with Crippen LogP contribution in [0.4, 0.5) is 0 Å². The van der Waals surface area contributed by atoms with E-state index in [-0.39, 0.29) is 29.1 Å². The topological polar surface area (TPSA) is 420 Å². The third kappa shape index (κ3) is 12.6. The number of hydrogen-bond donors (Lipinski definition) is 11. The first kappa shape index (κ1) is 70.5. The van der Waals surface area contributed by atoms with Crippen LogP contribution in [-0.4, -0.2) is 263 Å². The smallest absolute Gasteiger partial charge is 0.397 e. The van der Waals surface area contributed by atoms with Crippen molar-refractivity contribution < 1.29 is 139 Å². The van der Waals surface area contributed by atoms with Crippen LogP contribution in [0.1, 0.15) is 120 Å². The summed E-state index contributed by atoms with van der Waals surface area (Å²) in [5.74, 6) is -0.550. The van der Waals surface area contributed by atoms with E-state index in [4.69, 9.17) is 65.8 Å². The normalized spacial score (nSPS) is 50.3. The summed E-state index contributed by atoms with van der Waals surface area (Å²) in [6.45, 7) is 15.3. The van der Waals surface area contributed by atoms with Crippen molar-refractivity contribution in [3.8, 4) is 0 Å². The van der Waals surface area contributed by atoms with E-state index in [0.717, 1.165) is 12.8 Å². The highest BCUT2D eigenvalue weighted by Crippen LogP contribution is 2.77. The summed E-state index contributed by atoms with van der Waals surface area (Å²) in [6.07, 6.45) is -30.0. The van der Waals surface area contributed by atoms with Crippen molar-refractivity contribution in [1.29, 1.82) is 0 Å². The average molecular weight is 1310 g/mol. The Bertz CT molecular complexity index is 2670. The van der Waals surface area contributed by atoms with Crippen molar-refractivity contribution in [3.05, 3.63) is 11.6 Å². The Morgan fingerprint density at radius 1 is 0.700 bits per heavy atom. The van der Waals surface area contributed by atoms with Crippen LogP contribution in [0.15, 0.2) is 11.6 Å². The van der Waals surface area contributed by atoms with Gasteiger partial charge in [0.2, 0.25) is 0 Å². The Labute approximate surface area is 523 Å². The highest BCUT2D eigenvalue weighted by molar-refractivity contribution is 7.80. The van der Waals surface area contributed by atoms with Crippen molar-refractivity contribution in [2.75, 3.05) is 33.5 Å². The molecule has 31 atom stereocenters. The number of methoxy groups -OCH3 is 1. The van der Waals surface area contributed by atoms with Gasteiger partial charge in [-0.15, -0.1) is 0 Å². The maximum atomic E-state index is 14.7. The predicted molar refractivity (Wildman–Crippen MR) is 302 cm³/mol. The number of esters is 2. The number of fused-ring (bicyclic) bond motifs is 4. The first-order valence-corrected chi connectivity index (χ1v) is 33.0. The summed E-state index contributed by atoms with van der Waals surface area (Å²) in [4.78, 5) is 27.6. The summed E-state index contributed by atoms with van der Waals surface area (Å²) in [5.41, 5.74) is -2.26. The Morgan fingerprint density at radius 2 is 1.33 bits per heavy atom. The van der Waals surface area contributed by atoms with Gasteiger partial charge in [0.25, 0.3) is 0 Å². The Hall–Kier alpha value is -2.29. The lowest BCUT2D eigenvalue weighted by atomic mass is 9.41. The molecule has 6 heterocycles. The molecule has 4 aliphatic carbocycles. The highest BCUT2D eigenvalue weighted by atomic mass is 32.3. The number of allylic oxidation sites excluding steroid dienone is 2. The van der Waals surface area contributed by atoms with Crippen LogP contribution >= 0.6 is 0 Å². The van der Waals surface area contributed by atoms with E-state index >= 15 is 0 Å². The fraction of sp³-hybridized carbons (Fsp3) is 0.933. The minimum atomic E-state index is -5.22. The summed E-state index contributed by atoms with van der Waals surface area (Å²) >= 11 is 0. The largest absolute Gasteiger partial charge is 0.462 e. The number of rotatable bonds is 19. The van der Waals surface area contributed by atoms with Gasteiger partial charge in [-0.1, -0.05) is 59.6 Å². The number of carbonyl (C=O) groups excluding carboxylic acids is 2. The molecule has 1 spiro atoms. The van der Waals surface area contributed by atoms with Gasteiger partial charge in [-0.05, 0) is 93.8 Å². The van der Waals surface area contributed by atoms with Gasteiger partial charge in [-0.3, -0.25) is 14.1 Å². The molecule has 10 aliphatic rings. The number of carbonyl (C=O) groups is 2. The molecule has 0 radical (unpaired) electrons. The number of aliphatic hydroxyl groups is 10. The van der Waals surface area contributed by atoms with Crippen molar-refractivity contribution in [1.82, 2.24) is 0 Å². The van der Waals surface area contributed by atoms with Crippen LogP contribution < -0.4 is 0 Å². The van der Waals surface area contributed by atoms with Crippen LogP contribution in [-0.2, 0) is 85.8 Å². The van der Waals surface area contributed by atoms with Crippen LogP contribution in [0.2, 0.25) is 0 Å². The molecule has 9 fully saturated rings. The zero-order chi connectivity index (χ0) is 65.7. The molecular weight excluding hydrogens is 1220 g/mol. The third-order valence-corrected chi connectivity index (χ3v) is 22.7. The van der Waals surface area contributed by atoms with Crippen LogP contribution in [0.5, 0.6) is 0 Å². The van der Waals surface area contributed by atoms with Gasteiger partial charge >= 0.3 is 22.3 Å². The lowest BCUT2D eigenvalue weighted by Gasteiger charge is -2.64. The van der Waals surface area contributed by atoms with Crippen LogP contribution in [0.3, 0.4) is 0 Å². The van der Waals surface area contributed by atoms with Gasteiger partial charge in [0.15, 0.2) is 31.5 Å². The fourth-order valence-electron chi connectivity index (χ4n) is 17.6. The second kappa shape index (κ2) is 26.6. The Kier molecular flexibility index (Phi) is 20.8. The van der Waals surface area contributed by atoms with Gasteiger partial charge in [0.05, 0.1) is 50.0 Å². The molecule has 3 saturated carbocycles. The molecule has 0 aromatic rings. The van der Waals surface area contributed by atoms with Gasteiger partial charge < -0.3 is 113 Å². The number of cyclic esters (lactones) is 1. The molecule has 0 aromatic carbocycles. The second-order valence-electron chi connectivity index (χ2n) is 28.4. The minimum Gasteiger partial charge on any atom is -0.462 e. The van der Waals surface area contributed by atoms with Gasteiger partial charge in [-0.2, -0.15) is 8.42 Å². The standard InChI is InChI=1S/C60H96O29S/c1-25(2)12-11-17-59(9)49-31(81-27(4)62)20-58(8)29-13-14-35-56(5,6)36(16-18-57(35,7)28(29)15-19-60(49,58)55(72)88-59)84-53-47(40(67)34(24-79-53)89-90(73,74)75)87-54-48(41(68)37(64)26(3)80-54)86-50-42(69)38(65)33(23-78-50)83-51-43(70)45(30(63)22-77-51)85-52-44(71)46(76-10)39(66)32(21-61)82-52/h13,25-26,28,30-54,61,63-71H,11-12,14-24H2,1-10H3,(H,73,74,75)/t26-,28-,30-,31+,32-,33-,34-,35+,36+,37-,38+,39-,40+,41+,42-,43-,44-,45+,46+,47-,48-,49-,50+,51+,52+,53+,54+,57-,58+,59?,60-/m1/s1. The van der Waals surface area contributed by atoms with Crippen LogP contribution in [0.25, 0.3) is 0 Å². The molecule has 6 aliphatic heterocycles. The lowest BCUT2D eigenvalue weighted by Crippen LogP contribution is -2.66. The van der Waals surface area contributed by atoms with Crippen molar-refractivity contribution in [3.63, 3.8) is 0 Å². The Balaban J connectivity index is 0.843. The second-order valence-corrected chi connectivity index (χ2v) is 29.5. The van der Waals surface area contributed by atoms with Crippen LogP contribution in [0, 0.1) is 45.3 Å². The van der Waals surface area contributed by atoms with E-state index < -0.39 is 212 Å². The van der Waals surface area contributed by atoms with Gasteiger partial charge in [0, 0.05) is 19.4 Å². The van der Waals surface area contributed by atoms with E-state index in [1.54, 1.807) is 0 Å². The molecule has 10 rings (SSSR count). The van der Waals surface area contributed by atoms with E-state index in [0.29, 0.717) is 50.9 Å². The molecule has 516 valence electrons. The zero-order valence-electron chi connectivity index (χ0n) is 52.6. The van der Waals surface area contributed by atoms with E-state index in [9.17, 15) is 73.6 Å². The van der Waals surface area contributed by atoms with Crippen molar-refractivity contribution in [2.45, 2.75) is 273 Å².